The monoisotopic (exact) mass is 152 g/mol. The molecular formula is C9H16N2. The molecular weight excluding hydrogens is 136 g/mol. The molecule has 2 atom stereocenters. The summed E-state index contributed by atoms with van der Waals surface area (Å²) in [6.07, 6.45) is 2.61. The van der Waals surface area contributed by atoms with Crippen molar-refractivity contribution >= 4 is 0 Å². The first kappa shape index (κ1) is 6.44. The summed E-state index contributed by atoms with van der Waals surface area (Å²) in [5.41, 5.74) is 6.49. The normalized spacial score (nSPS) is 61.1. The molecule has 11 heavy (non-hydrogen) atoms. The molecule has 1 saturated heterocycles. The molecule has 2 unspecified atom stereocenters. The van der Waals surface area contributed by atoms with E-state index < -0.39 is 0 Å². The maximum atomic E-state index is 6.17. The first-order chi connectivity index (χ1) is 5.19. The Labute approximate surface area is 67.7 Å². The molecule has 0 radical (unpaired) electrons. The van der Waals surface area contributed by atoms with Crippen LogP contribution in [0, 0.1) is 17.8 Å². The smallest absolute Gasteiger partial charge is 0.0195 e. The molecule has 0 amide bonds. The Morgan fingerprint density at radius 2 is 1.82 bits per heavy atom. The van der Waals surface area contributed by atoms with Crippen molar-refractivity contribution in [2.75, 3.05) is 20.1 Å². The van der Waals surface area contributed by atoms with Gasteiger partial charge >= 0.3 is 0 Å². The molecule has 0 aromatic carbocycles. The van der Waals surface area contributed by atoms with Gasteiger partial charge in [-0.2, -0.15) is 0 Å². The van der Waals surface area contributed by atoms with Gasteiger partial charge in [0.15, 0.2) is 0 Å². The average molecular weight is 152 g/mol. The lowest BCUT2D eigenvalue weighted by Crippen LogP contribution is -2.76. The van der Waals surface area contributed by atoms with E-state index in [9.17, 15) is 0 Å². The highest BCUT2D eigenvalue weighted by atomic mass is 15.1. The van der Waals surface area contributed by atoms with E-state index in [1.165, 1.54) is 25.9 Å². The van der Waals surface area contributed by atoms with Crippen molar-refractivity contribution < 1.29 is 0 Å². The van der Waals surface area contributed by atoms with Crippen molar-refractivity contribution in [1.29, 1.82) is 0 Å². The molecule has 2 nitrogen and oxygen atoms in total. The molecule has 0 spiro atoms. The lowest BCUT2D eigenvalue weighted by atomic mass is 9.42. The topological polar surface area (TPSA) is 29.3 Å². The van der Waals surface area contributed by atoms with Gasteiger partial charge in [0.1, 0.15) is 0 Å². The highest BCUT2D eigenvalue weighted by molar-refractivity contribution is 5.19. The fraction of sp³-hybridized carbons (Fsp3) is 1.00. The number of nitrogens with two attached hydrogens (primary N) is 1. The number of likely N-dealkylation sites (tertiary alicyclic amines) is 1. The van der Waals surface area contributed by atoms with Crippen LogP contribution in [0.2, 0.25) is 0 Å². The van der Waals surface area contributed by atoms with Crippen molar-refractivity contribution in [2.24, 2.45) is 23.5 Å². The van der Waals surface area contributed by atoms with Gasteiger partial charge < -0.3 is 10.6 Å². The highest BCUT2D eigenvalue weighted by Crippen LogP contribution is 2.61. The van der Waals surface area contributed by atoms with Gasteiger partial charge in [-0.1, -0.05) is 0 Å². The zero-order chi connectivity index (χ0) is 7.64. The standard InChI is InChI=1S/C9H16N2/c1-11-4-6-2-9(10)3-7(5-11)8(6)9/h6-8H,2-5,10H2,1H3. The molecule has 0 bridgehead atoms. The zero-order valence-corrected chi connectivity index (χ0v) is 7.09. The third kappa shape index (κ3) is 0.611. The fourth-order valence-electron chi connectivity index (χ4n) is 3.82. The van der Waals surface area contributed by atoms with Gasteiger partial charge in [-0.05, 0) is 37.6 Å². The quantitative estimate of drug-likeness (QED) is 0.540. The summed E-state index contributed by atoms with van der Waals surface area (Å²) in [5, 5.41) is 0. The predicted molar refractivity (Wildman–Crippen MR) is 44.1 cm³/mol. The Bertz CT molecular complexity index is 182. The van der Waals surface area contributed by atoms with E-state index in [0.717, 1.165) is 17.8 Å². The van der Waals surface area contributed by atoms with Gasteiger partial charge in [-0.15, -0.1) is 0 Å². The summed E-state index contributed by atoms with van der Waals surface area (Å²) >= 11 is 0. The minimum atomic E-state index is 0.316. The van der Waals surface area contributed by atoms with E-state index >= 15 is 0 Å². The molecule has 3 rings (SSSR count). The van der Waals surface area contributed by atoms with Crippen LogP contribution < -0.4 is 5.73 Å². The molecule has 62 valence electrons. The lowest BCUT2D eigenvalue weighted by Gasteiger charge is -2.69. The molecule has 2 aliphatic carbocycles. The second kappa shape index (κ2) is 1.64. The summed E-state index contributed by atoms with van der Waals surface area (Å²) in [6, 6.07) is 0. The molecule has 1 heterocycles. The van der Waals surface area contributed by atoms with Crippen molar-refractivity contribution in [1.82, 2.24) is 4.90 Å². The van der Waals surface area contributed by atoms with E-state index in [0.29, 0.717) is 5.54 Å². The minimum Gasteiger partial charge on any atom is -0.325 e. The first-order valence-corrected chi connectivity index (χ1v) is 4.66. The number of rotatable bonds is 0. The van der Waals surface area contributed by atoms with Crippen LogP contribution in [0.4, 0.5) is 0 Å². The van der Waals surface area contributed by atoms with Crippen LogP contribution in [0.3, 0.4) is 0 Å². The van der Waals surface area contributed by atoms with Gasteiger partial charge in [0, 0.05) is 18.6 Å². The summed E-state index contributed by atoms with van der Waals surface area (Å²) < 4.78 is 0. The van der Waals surface area contributed by atoms with Crippen LogP contribution in [0.15, 0.2) is 0 Å². The van der Waals surface area contributed by atoms with Crippen molar-refractivity contribution in [2.45, 2.75) is 18.4 Å². The van der Waals surface area contributed by atoms with Crippen LogP contribution in [0.25, 0.3) is 0 Å². The summed E-state index contributed by atoms with van der Waals surface area (Å²) in [5.74, 6) is 2.83. The second-order valence-electron chi connectivity index (χ2n) is 4.91. The predicted octanol–water partition coefficient (Wildman–Crippen LogP) is 0.285. The van der Waals surface area contributed by atoms with Crippen molar-refractivity contribution in [3.05, 3.63) is 0 Å². The van der Waals surface area contributed by atoms with Crippen molar-refractivity contribution in [3.8, 4) is 0 Å². The van der Waals surface area contributed by atoms with Crippen LogP contribution in [-0.2, 0) is 0 Å². The minimum absolute atomic E-state index is 0.316. The Kier molecular flexibility index (Phi) is 0.961. The molecule has 2 heteroatoms. The van der Waals surface area contributed by atoms with Crippen LogP contribution in [0.1, 0.15) is 12.8 Å². The van der Waals surface area contributed by atoms with Gasteiger partial charge in [0.25, 0.3) is 0 Å². The lowest BCUT2D eigenvalue weighted by molar-refractivity contribution is -0.159. The average Bonchev–Trinajstić information content (AvgIpc) is 1.81. The molecule has 3 aliphatic rings. The van der Waals surface area contributed by atoms with Crippen LogP contribution in [0.5, 0.6) is 0 Å². The first-order valence-electron chi connectivity index (χ1n) is 4.66. The molecule has 2 N–H and O–H groups in total. The van der Waals surface area contributed by atoms with Crippen molar-refractivity contribution in [3.63, 3.8) is 0 Å². The maximum absolute atomic E-state index is 6.17. The third-order valence-corrected chi connectivity index (χ3v) is 4.06. The molecule has 0 aromatic rings. The number of piperidine rings is 1. The Morgan fingerprint density at radius 3 is 2.27 bits per heavy atom. The van der Waals surface area contributed by atoms with Gasteiger partial charge in [-0.25, -0.2) is 0 Å². The van der Waals surface area contributed by atoms with Gasteiger partial charge in [-0.3, -0.25) is 0 Å². The van der Waals surface area contributed by atoms with Gasteiger partial charge in [0.2, 0.25) is 0 Å². The highest BCUT2D eigenvalue weighted by Gasteiger charge is 2.64. The fourth-order valence-corrected chi connectivity index (χ4v) is 3.82. The molecule has 3 fully saturated rings. The largest absolute Gasteiger partial charge is 0.325 e. The second-order valence-corrected chi connectivity index (χ2v) is 4.91. The summed E-state index contributed by atoms with van der Waals surface area (Å²) in [4.78, 5) is 2.48. The SMILES string of the molecule is CN1CC2CC3(N)CC(C1)C23. The Morgan fingerprint density at radius 1 is 1.27 bits per heavy atom. The summed E-state index contributed by atoms with van der Waals surface area (Å²) in [7, 11) is 2.24. The van der Waals surface area contributed by atoms with Crippen LogP contribution >= 0.6 is 0 Å². The third-order valence-electron chi connectivity index (χ3n) is 4.06. The van der Waals surface area contributed by atoms with E-state index in [4.69, 9.17) is 5.73 Å². The van der Waals surface area contributed by atoms with E-state index in [1.807, 2.05) is 0 Å². The molecule has 0 aromatic heterocycles. The number of nitrogens with zero attached hydrogens (tertiary/aromatic N) is 1. The zero-order valence-electron chi connectivity index (χ0n) is 7.09. The van der Waals surface area contributed by atoms with E-state index in [1.54, 1.807) is 0 Å². The molecule has 2 saturated carbocycles. The number of hydrogen-bond acceptors (Lipinski definition) is 2. The Hall–Kier alpha value is -0.0800. The van der Waals surface area contributed by atoms with E-state index in [-0.39, 0.29) is 0 Å². The molecule has 1 aliphatic heterocycles. The van der Waals surface area contributed by atoms with Crippen LogP contribution in [-0.4, -0.2) is 30.6 Å². The summed E-state index contributed by atoms with van der Waals surface area (Å²) in [6.45, 7) is 2.61. The maximum Gasteiger partial charge on any atom is 0.0195 e. The van der Waals surface area contributed by atoms with E-state index in [2.05, 4.69) is 11.9 Å². The number of hydrogen-bond donors (Lipinski definition) is 1. The Balaban J connectivity index is 1.82. The van der Waals surface area contributed by atoms with Gasteiger partial charge in [0.05, 0.1) is 0 Å².